The molecule has 1 spiro atoms. The third-order valence-electron chi connectivity index (χ3n) is 4.62. The first-order valence-electron chi connectivity index (χ1n) is 6.85. The molecular weight excluding hydrogens is 238 g/mol. The first kappa shape index (κ1) is 12.4. The summed E-state index contributed by atoms with van der Waals surface area (Å²) in [5, 5.41) is 21.3. The van der Waals surface area contributed by atoms with Crippen molar-refractivity contribution in [3.05, 3.63) is 16.8 Å². The Bertz CT molecular complexity index is 540. The number of aromatic nitrogens is 2. The van der Waals surface area contributed by atoms with E-state index in [9.17, 15) is 5.26 Å². The number of nitriles is 1. The van der Waals surface area contributed by atoms with Crippen molar-refractivity contribution in [2.45, 2.75) is 26.7 Å². The number of hydrogen-bond donors (Lipinski definition) is 1. The number of anilines is 1. The molecule has 100 valence electrons. The molecule has 1 N–H and O–H groups in total. The normalized spacial score (nSPS) is 26.1. The highest BCUT2D eigenvalue weighted by atomic mass is 15.3. The molecule has 3 rings (SSSR count). The van der Waals surface area contributed by atoms with Gasteiger partial charge in [-0.25, -0.2) is 0 Å². The molecule has 0 amide bonds. The highest BCUT2D eigenvalue weighted by molar-refractivity contribution is 5.58. The fourth-order valence-corrected chi connectivity index (χ4v) is 3.21. The Morgan fingerprint density at radius 3 is 2.84 bits per heavy atom. The Balaban J connectivity index is 1.92. The Morgan fingerprint density at radius 1 is 1.32 bits per heavy atom. The fourth-order valence-electron chi connectivity index (χ4n) is 3.21. The molecule has 5 nitrogen and oxygen atoms in total. The summed E-state index contributed by atoms with van der Waals surface area (Å²) in [4.78, 5) is 2.24. The first-order chi connectivity index (χ1) is 9.15. The highest BCUT2D eigenvalue weighted by Gasteiger charge is 2.41. The van der Waals surface area contributed by atoms with Crippen molar-refractivity contribution in [2.75, 3.05) is 31.1 Å². The first-order valence-corrected chi connectivity index (χ1v) is 6.85. The van der Waals surface area contributed by atoms with E-state index in [2.05, 4.69) is 26.5 Å². The van der Waals surface area contributed by atoms with Gasteiger partial charge in [0.1, 0.15) is 11.6 Å². The lowest BCUT2D eigenvalue weighted by Gasteiger charge is -2.24. The van der Waals surface area contributed by atoms with Gasteiger partial charge in [0.05, 0.1) is 5.69 Å². The summed E-state index contributed by atoms with van der Waals surface area (Å²) in [7, 11) is 0. The van der Waals surface area contributed by atoms with Crippen molar-refractivity contribution in [1.82, 2.24) is 15.5 Å². The maximum Gasteiger partial charge on any atom is 0.169 e. The van der Waals surface area contributed by atoms with E-state index in [-0.39, 0.29) is 0 Å². The van der Waals surface area contributed by atoms with Crippen LogP contribution in [0.4, 0.5) is 5.82 Å². The summed E-state index contributed by atoms with van der Waals surface area (Å²) in [6.07, 6.45) is 2.41. The van der Waals surface area contributed by atoms with E-state index in [0.717, 1.165) is 43.3 Å². The van der Waals surface area contributed by atoms with E-state index >= 15 is 0 Å². The van der Waals surface area contributed by atoms with Crippen LogP contribution in [0.25, 0.3) is 0 Å². The molecule has 0 bridgehead atoms. The number of aryl methyl sites for hydroxylation is 1. The lowest BCUT2D eigenvalue weighted by molar-refractivity contribution is 0.369. The lowest BCUT2D eigenvalue weighted by Crippen LogP contribution is -2.30. The summed E-state index contributed by atoms with van der Waals surface area (Å²) in [6, 6.07) is 2.30. The Hall–Kier alpha value is -1.67. The van der Waals surface area contributed by atoms with Gasteiger partial charge in [-0.2, -0.15) is 10.4 Å². The SMILES string of the molecule is Cc1nnc(N2CCC3(CCNC3)C2)c(C#N)c1C. The summed E-state index contributed by atoms with van der Waals surface area (Å²) >= 11 is 0. The van der Waals surface area contributed by atoms with E-state index in [1.807, 2.05) is 13.8 Å². The average molecular weight is 257 g/mol. The van der Waals surface area contributed by atoms with Gasteiger partial charge in [-0.15, -0.1) is 5.10 Å². The van der Waals surface area contributed by atoms with Crippen LogP contribution in [0.15, 0.2) is 0 Å². The van der Waals surface area contributed by atoms with Gasteiger partial charge in [0, 0.05) is 25.0 Å². The van der Waals surface area contributed by atoms with Gasteiger partial charge in [-0.1, -0.05) is 0 Å². The minimum Gasteiger partial charge on any atom is -0.353 e. The van der Waals surface area contributed by atoms with Gasteiger partial charge in [0.25, 0.3) is 0 Å². The third kappa shape index (κ3) is 1.96. The van der Waals surface area contributed by atoms with E-state index in [1.165, 1.54) is 12.8 Å². The largest absolute Gasteiger partial charge is 0.353 e. The topological polar surface area (TPSA) is 64.8 Å². The maximum atomic E-state index is 9.38. The molecule has 5 heteroatoms. The Labute approximate surface area is 113 Å². The van der Waals surface area contributed by atoms with Crippen LogP contribution in [-0.4, -0.2) is 36.4 Å². The smallest absolute Gasteiger partial charge is 0.169 e. The molecule has 2 saturated heterocycles. The number of nitrogens with zero attached hydrogens (tertiary/aromatic N) is 4. The zero-order chi connectivity index (χ0) is 13.5. The maximum absolute atomic E-state index is 9.38. The number of rotatable bonds is 1. The molecule has 19 heavy (non-hydrogen) atoms. The highest BCUT2D eigenvalue weighted by Crippen LogP contribution is 2.38. The van der Waals surface area contributed by atoms with Crippen molar-refractivity contribution >= 4 is 5.82 Å². The minimum atomic E-state index is 0.382. The van der Waals surface area contributed by atoms with E-state index in [0.29, 0.717) is 11.0 Å². The van der Waals surface area contributed by atoms with Gasteiger partial charge in [-0.3, -0.25) is 0 Å². The zero-order valence-electron chi connectivity index (χ0n) is 11.5. The Morgan fingerprint density at radius 2 is 2.16 bits per heavy atom. The predicted octanol–water partition coefficient (Wildman–Crippen LogP) is 1.15. The molecule has 0 radical (unpaired) electrons. The molecule has 2 fully saturated rings. The molecule has 3 heterocycles. The second-order valence-corrected chi connectivity index (χ2v) is 5.82. The van der Waals surface area contributed by atoms with E-state index in [1.54, 1.807) is 0 Å². The molecule has 2 aliphatic heterocycles. The van der Waals surface area contributed by atoms with Gasteiger partial charge in [0.15, 0.2) is 5.82 Å². The van der Waals surface area contributed by atoms with Crippen molar-refractivity contribution in [1.29, 1.82) is 5.26 Å². The zero-order valence-corrected chi connectivity index (χ0v) is 11.5. The molecular formula is C14H19N5. The van der Waals surface area contributed by atoms with Gasteiger partial charge in [0.2, 0.25) is 0 Å². The van der Waals surface area contributed by atoms with Crippen LogP contribution in [0.1, 0.15) is 29.7 Å². The van der Waals surface area contributed by atoms with E-state index in [4.69, 9.17) is 0 Å². The summed E-state index contributed by atoms with van der Waals surface area (Å²) in [6.45, 7) is 8.02. The van der Waals surface area contributed by atoms with Crippen LogP contribution < -0.4 is 10.2 Å². The minimum absolute atomic E-state index is 0.382. The van der Waals surface area contributed by atoms with Crippen molar-refractivity contribution in [2.24, 2.45) is 5.41 Å². The van der Waals surface area contributed by atoms with Crippen molar-refractivity contribution in [3.63, 3.8) is 0 Å². The Kier molecular flexibility index (Phi) is 2.90. The molecule has 1 atom stereocenters. The van der Waals surface area contributed by atoms with Crippen LogP contribution >= 0.6 is 0 Å². The van der Waals surface area contributed by atoms with Gasteiger partial charge in [-0.05, 0) is 38.8 Å². The van der Waals surface area contributed by atoms with Crippen LogP contribution in [0.2, 0.25) is 0 Å². The summed E-state index contributed by atoms with van der Waals surface area (Å²) in [5.41, 5.74) is 2.87. The standard InChI is InChI=1S/C14H19N5/c1-10-11(2)17-18-13(12(10)7-15)19-6-4-14(9-19)3-5-16-8-14/h16H,3-6,8-9H2,1-2H3. The number of nitrogens with one attached hydrogen (secondary N) is 1. The van der Waals surface area contributed by atoms with Crippen LogP contribution in [0.3, 0.4) is 0 Å². The molecule has 2 aliphatic rings. The van der Waals surface area contributed by atoms with Gasteiger partial charge < -0.3 is 10.2 Å². The van der Waals surface area contributed by atoms with Crippen LogP contribution in [0, 0.1) is 30.6 Å². The van der Waals surface area contributed by atoms with Crippen molar-refractivity contribution in [3.8, 4) is 6.07 Å². The quantitative estimate of drug-likeness (QED) is 0.817. The summed E-state index contributed by atoms with van der Waals surface area (Å²) in [5.74, 6) is 0.773. The van der Waals surface area contributed by atoms with Crippen LogP contribution in [0.5, 0.6) is 0 Å². The predicted molar refractivity (Wildman–Crippen MR) is 73.0 cm³/mol. The second kappa shape index (κ2) is 4.46. The third-order valence-corrected chi connectivity index (χ3v) is 4.62. The fraction of sp³-hybridized carbons (Fsp3) is 0.643. The molecule has 1 aromatic heterocycles. The molecule has 0 saturated carbocycles. The molecule has 0 aromatic carbocycles. The monoisotopic (exact) mass is 257 g/mol. The van der Waals surface area contributed by atoms with Crippen LogP contribution in [-0.2, 0) is 0 Å². The van der Waals surface area contributed by atoms with Crippen molar-refractivity contribution < 1.29 is 0 Å². The second-order valence-electron chi connectivity index (χ2n) is 5.82. The molecule has 0 aliphatic carbocycles. The summed E-state index contributed by atoms with van der Waals surface area (Å²) < 4.78 is 0. The lowest BCUT2D eigenvalue weighted by atomic mass is 9.86. The molecule has 1 aromatic rings. The average Bonchev–Trinajstić information content (AvgIpc) is 3.04. The molecule has 1 unspecified atom stereocenters. The number of hydrogen-bond acceptors (Lipinski definition) is 5. The van der Waals surface area contributed by atoms with E-state index < -0.39 is 0 Å². The van der Waals surface area contributed by atoms with Gasteiger partial charge >= 0.3 is 0 Å².